The molecule has 4 aromatic carbocycles. The van der Waals surface area contributed by atoms with Crippen molar-refractivity contribution in [2.24, 2.45) is 0 Å². The summed E-state index contributed by atoms with van der Waals surface area (Å²) in [6.45, 7) is 3.88. The minimum absolute atomic E-state index is 0.157. The molecule has 0 radical (unpaired) electrons. The van der Waals surface area contributed by atoms with Crippen molar-refractivity contribution < 1.29 is 19.1 Å². The van der Waals surface area contributed by atoms with Crippen molar-refractivity contribution in [3.05, 3.63) is 113 Å². The van der Waals surface area contributed by atoms with E-state index in [1.165, 1.54) is 10.9 Å². The van der Waals surface area contributed by atoms with E-state index in [1.54, 1.807) is 36.4 Å². The zero-order valence-corrected chi connectivity index (χ0v) is 19.1. The molecule has 172 valence electrons. The van der Waals surface area contributed by atoms with Gasteiger partial charge in [-0.25, -0.2) is 9.59 Å². The highest BCUT2D eigenvalue weighted by molar-refractivity contribution is 5.92. The number of hydrogen-bond acceptors (Lipinski definition) is 6. The summed E-state index contributed by atoms with van der Waals surface area (Å²) in [7, 11) is 0. The highest BCUT2D eigenvalue weighted by Gasteiger charge is 2.18. The zero-order valence-electron chi connectivity index (χ0n) is 19.1. The molecule has 35 heavy (non-hydrogen) atoms. The molecule has 7 nitrogen and oxygen atoms in total. The van der Waals surface area contributed by atoms with Crippen LogP contribution in [0.1, 0.15) is 31.8 Å². The van der Waals surface area contributed by atoms with Crippen LogP contribution in [0.25, 0.3) is 16.7 Å². The molecular weight excluding hydrogens is 442 g/mol. The minimum Gasteiger partial charge on any atom is -0.423 e. The number of esters is 2. The molecule has 0 unspecified atom stereocenters. The normalized spacial score (nSPS) is 10.8. The Labute approximate surface area is 201 Å². The van der Waals surface area contributed by atoms with Crippen LogP contribution < -0.4 is 9.47 Å². The number of ether oxygens (including phenoxy) is 2. The molecule has 1 aromatic heterocycles. The van der Waals surface area contributed by atoms with Gasteiger partial charge in [-0.15, -0.1) is 15.0 Å². The van der Waals surface area contributed by atoms with E-state index in [0.717, 1.165) is 11.1 Å². The lowest BCUT2D eigenvalue weighted by Crippen LogP contribution is -2.13. The maximum Gasteiger partial charge on any atom is 0.343 e. The largest absolute Gasteiger partial charge is 0.423 e. The summed E-state index contributed by atoms with van der Waals surface area (Å²) in [6, 6.07) is 26.3. The third-order valence-electron chi connectivity index (χ3n) is 5.42. The van der Waals surface area contributed by atoms with Crippen LogP contribution in [-0.4, -0.2) is 26.9 Å². The van der Waals surface area contributed by atoms with Crippen LogP contribution in [0.15, 0.2) is 91.0 Å². The standard InChI is InChI=1S/C28H21N3O4/c1-18-7-11-20(12-8-18)27(32)34-22-15-16-25(31-29-23-5-3-4-6-24(23)30-31)26(17-22)35-28(33)21-13-9-19(2)10-14-21/h3-17H,1-2H3. The third-order valence-corrected chi connectivity index (χ3v) is 5.42. The van der Waals surface area contributed by atoms with Gasteiger partial charge in [0.25, 0.3) is 0 Å². The fourth-order valence-electron chi connectivity index (χ4n) is 3.48. The molecule has 0 atom stereocenters. The Bertz CT molecular complexity index is 1500. The number of rotatable bonds is 5. The number of carbonyl (C=O) groups excluding carboxylic acids is 2. The van der Waals surface area contributed by atoms with E-state index in [-0.39, 0.29) is 11.5 Å². The van der Waals surface area contributed by atoms with Gasteiger partial charge in [0, 0.05) is 6.07 Å². The van der Waals surface area contributed by atoms with Gasteiger partial charge < -0.3 is 9.47 Å². The summed E-state index contributed by atoms with van der Waals surface area (Å²) < 4.78 is 11.3. The lowest BCUT2D eigenvalue weighted by atomic mass is 10.1. The van der Waals surface area contributed by atoms with Gasteiger partial charge in [0.2, 0.25) is 0 Å². The van der Waals surface area contributed by atoms with E-state index in [0.29, 0.717) is 27.8 Å². The van der Waals surface area contributed by atoms with E-state index in [2.05, 4.69) is 10.2 Å². The number of nitrogens with zero attached hydrogens (tertiary/aromatic N) is 3. The maximum absolute atomic E-state index is 12.9. The molecular formula is C28H21N3O4. The summed E-state index contributed by atoms with van der Waals surface area (Å²) in [6.07, 6.45) is 0. The highest BCUT2D eigenvalue weighted by Crippen LogP contribution is 2.29. The Kier molecular flexibility index (Phi) is 5.81. The van der Waals surface area contributed by atoms with Crippen LogP contribution >= 0.6 is 0 Å². The molecule has 1 heterocycles. The fraction of sp³-hybridized carbons (Fsp3) is 0.0714. The molecule has 0 aliphatic heterocycles. The van der Waals surface area contributed by atoms with Gasteiger partial charge in [-0.3, -0.25) is 0 Å². The lowest BCUT2D eigenvalue weighted by molar-refractivity contribution is 0.0732. The second-order valence-electron chi connectivity index (χ2n) is 8.12. The smallest absolute Gasteiger partial charge is 0.343 e. The molecule has 0 saturated carbocycles. The van der Waals surface area contributed by atoms with E-state index in [9.17, 15) is 9.59 Å². The van der Waals surface area contributed by atoms with Crippen molar-refractivity contribution in [2.75, 3.05) is 0 Å². The summed E-state index contributed by atoms with van der Waals surface area (Å²) >= 11 is 0. The molecule has 0 bridgehead atoms. The van der Waals surface area contributed by atoms with Gasteiger partial charge in [-0.05, 0) is 62.4 Å². The predicted molar refractivity (Wildman–Crippen MR) is 131 cm³/mol. The molecule has 5 rings (SSSR count). The number of carbonyl (C=O) groups is 2. The van der Waals surface area contributed by atoms with E-state index >= 15 is 0 Å². The molecule has 0 aliphatic carbocycles. The number of aromatic nitrogens is 3. The second-order valence-corrected chi connectivity index (χ2v) is 8.12. The molecule has 0 amide bonds. The van der Waals surface area contributed by atoms with Gasteiger partial charge in [-0.1, -0.05) is 47.5 Å². The van der Waals surface area contributed by atoms with Crippen LogP contribution in [0.5, 0.6) is 11.5 Å². The molecule has 7 heteroatoms. The van der Waals surface area contributed by atoms with Gasteiger partial charge in [0.15, 0.2) is 5.75 Å². The van der Waals surface area contributed by atoms with Crippen molar-refractivity contribution >= 4 is 23.0 Å². The second kappa shape index (κ2) is 9.23. The van der Waals surface area contributed by atoms with Gasteiger partial charge in [0.1, 0.15) is 22.5 Å². The SMILES string of the molecule is Cc1ccc(C(=O)Oc2ccc(-n3nc4ccccc4n3)c(OC(=O)c3ccc(C)cc3)c2)cc1. The zero-order chi connectivity index (χ0) is 24.4. The summed E-state index contributed by atoms with van der Waals surface area (Å²) in [5.74, 6) is -0.686. The van der Waals surface area contributed by atoms with E-state index < -0.39 is 11.9 Å². The first-order chi connectivity index (χ1) is 17.0. The van der Waals surface area contributed by atoms with Crippen molar-refractivity contribution in [1.82, 2.24) is 15.0 Å². The van der Waals surface area contributed by atoms with Crippen LogP contribution in [0.2, 0.25) is 0 Å². The van der Waals surface area contributed by atoms with Gasteiger partial charge >= 0.3 is 11.9 Å². The lowest BCUT2D eigenvalue weighted by Gasteiger charge is -2.12. The number of aryl methyl sites for hydroxylation is 2. The number of hydrogen-bond donors (Lipinski definition) is 0. The average molecular weight is 463 g/mol. The van der Waals surface area contributed by atoms with Crippen molar-refractivity contribution in [1.29, 1.82) is 0 Å². The Morgan fingerprint density at radius 2 is 1.17 bits per heavy atom. The first-order valence-electron chi connectivity index (χ1n) is 11.0. The summed E-state index contributed by atoms with van der Waals surface area (Å²) in [5.41, 5.74) is 4.68. The molecule has 0 spiro atoms. The first-order valence-corrected chi connectivity index (χ1v) is 11.0. The van der Waals surface area contributed by atoms with Crippen LogP contribution in [0, 0.1) is 13.8 Å². The molecule has 5 aromatic rings. The Hall–Kier alpha value is -4.78. The first kappa shape index (κ1) is 22.0. The predicted octanol–water partition coefficient (Wildman–Crippen LogP) is 5.48. The van der Waals surface area contributed by atoms with E-state index in [4.69, 9.17) is 9.47 Å². The van der Waals surface area contributed by atoms with Crippen LogP contribution in [-0.2, 0) is 0 Å². The van der Waals surface area contributed by atoms with E-state index in [1.807, 2.05) is 62.4 Å². The Morgan fingerprint density at radius 3 is 1.71 bits per heavy atom. The van der Waals surface area contributed by atoms with Crippen molar-refractivity contribution in [3.8, 4) is 17.2 Å². The van der Waals surface area contributed by atoms with Crippen molar-refractivity contribution in [3.63, 3.8) is 0 Å². The number of benzene rings is 4. The summed E-state index contributed by atoms with van der Waals surface area (Å²) in [5, 5.41) is 8.98. The molecule has 0 aliphatic rings. The Balaban J connectivity index is 1.50. The van der Waals surface area contributed by atoms with Crippen LogP contribution in [0.3, 0.4) is 0 Å². The molecule has 0 saturated heterocycles. The average Bonchev–Trinajstić information content (AvgIpc) is 3.29. The van der Waals surface area contributed by atoms with Crippen LogP contribution in [0.4, 0.5) is 0 Å². The minimum atomic E-state index is -0.551. The van der Waals surface area contributed by atoms with Gasteiger partial charge in [0.05, 0.1) is 11.1 Å². The quantitative estimate of drug-likeness (QED) is 0.254. The Morgan fingerprint density at radius 1 is 0.657 bits per heavy atom. The third kappa shape index (κ3) is 4.79. The van der Waals surface area contributed by atoms with Gasteiger partial charge in [-0.2, -0.15) is 0 Å². The number of fused-ring (bicyclic) bond motifs is 1. The maximum atomic E-state index is 12.9. The topological polar surface area (TPSA) is 83.3 Å². The fourth-order valence-corrected chi connectivity index (χ4v) is 3.48. The monoisotopic (exact) mass is 463 g/mol. The molecule has 0 N–H and O–H groups in total. The molecule has 0 fully saturated rings. The van der Waals surface area contributed by atoms with Crippen molar-refractivity contribution in [2.45, 2.75) is 13.8 Å². The highest BCUT2D eigenvalue weighted by atomic mass is 16.5. The summed E-state index contributed by atoms with van der Waals surface area (Å²) in [4.78, 5) is 26.9.